The van der Waals surface area contributed by atoms with Crippen molar-refractivity contribution in [1.29, 1.82) is 0 Å². The highest BCUT2D eigenvalue weighted by Crippen LogP contribution is 2.36. The minimum absolute atomic E-state index is 0. The zero-order valence-corrected chi connectivity index (χ0v) is 16.0. The summed E-state index contributed by atoms with van der Waals surface area (Å²) in [6.07, 6.45) is 0. The lowest BCUT2D eigenvalue weighted by Crippen LogP contribution is -2.35. The SMILES string of the molecule is C.CCOc1cc(C(C=S(=O)=O)N2C(=O)c3cccc(N)c3C2=O)ccc1OC. The molecule has 2 aromatic rings. The first-order valence-corrected chi connectivity index (χ1v) is 9.53. The van der Waals surface area contributed by atoms with Gasteiger partial charge in [-0.15, -0.1) is 0 Å². The molecule has 1 aliphatic heterocycles. The van der Waals surface area contributed by atoms with Crippen LogP contribution in [0, 0.1) is 0 Å². The number of nitrogens with two attached hydrogens (primary N) is 1. The highest BCUT2D eigenvalue weighted by molar-refractivity contribution is 7.71. The number of anilines is 1. The number of carbonyl (C=O) groups is 2. The van der Waals surface area contributed by atoms with Gasteiger partial charge in [-0.1, -0.05) is 19.6 Å². The van der Waals surface area contributed by atoms with Crippen LogP contribution >= 0.6 is 0 Å². The summed E-state index contributed by atoms with van der Waals surface area (Å²) in [7, 11) is -1.16. The third-order valence-corrected chi connectivity index (χ3v) is 4.81. The summed E-state index contributed by atoms with van der Waals surface area (Å²) >= 11 is 0. The second-order valence-corrected chi connectivity index (χ2v) is 6.73. The molecule has 8 nitrogen and oxygen atoms in total. The summed E-state index contributed by atoms with van der Waals surface area (Å²) in [5.41, 5.74) is 6.60. The van der Waals surface area contributed by atoms with Gasteiger partial charge in [0.25, 0.3) is 11.8 Å². The number of carbonyl (C=O) groups excluding carboxylic acids is 2. The Morgan fingerprint density at radius 2 is 1.86 bits per heavy atom. The normalized spacial score (nSPS) is 13.4. The Balaban J connectivity index is 0.00000300. The van der Waals surface area contributed by atoms with Crippen LogP contribution in [0.25, 0.3) is 0 Å². The number of imide groups is 1. The number of amides is 2. The van der Waals surface area contributed by atoms with Crippen molar-refractivity contribution in [3.8, 4) is 11.5 Å². The zero-order valence-electron chi connectivity index (χ0n) is 15.2. The molecule has 154 valence electrons. The summed E-state index contributed by atoms with van der Waals surface area (Å²) in [5, 5.41) is 0.884. The third-order valence-electron chi connectivity index (χ3n) is 4.33. The quantitative estimate of drug-likeness (QED) is 0.435. The van der Waals surface area contributed by atoms with Crippen LogP contribution in [0.15, 0.2) is 36.4 Å². The fourth-order valence-electron chi connectivity index (χ4n) is 3.12. The van der Waals surface area contributed by atoms with Crippen LogP contribution in [0.2, 0.25) is 0 Å². The van der Waals surface area contributed by atoms with E-state index in [-0.39, 0.29) is 24.2 Å². The van der Waals surface area contributed by atoms with E-state index >= 15 is 0 Å². The van der Waals surface area contributed by atoms with Gasteiger partial charge in [-0.05, 0) is 36.8 Å². The van der Waals surface area contributed by atoms with E-state index < -0.39 is 28.1 Å². The molecule has 0 bridgehead atoms. The Morgan fingerprint density at radius 1 is 1.14 bits per heavy atom. The van der Waals surface area contributed by atoms with E-state index in [2.05, 4.69) is 0 Å². The average molecular weight is 418 g/mol. The van der Waals surface area contributed by atoms with Crippen LogP contribution in [-0.4, -0.2) is 44.2 Å². The lowest BCUT2D eigenvalue weighted by Gasteiger charge is -2.23. The lowest BCUT2D eigenvalue weighted by molar-refractivity contribution is 0.0628. The van der Waals surface area contributed by atoms with Crippen LogP contribution in [0.4, 0.5) is 5.69 Å². The second-order valence-electron chi connectivity index (χ2n) is 5.93. The Kier molecular flexibility index (Phi) is 6.65. The Labute approximate surface area is 170 Å². The molecule has 29 heavy (non-hydrogen) atoms. The molecule has 0 spiro atoms. The lowest BCUT2D eigenvalue weighted by atomic mass is 10.1. The second kappa shape index (κ2) is 8.78. The largest absolute Gasteiger partial charge is 0.493 e. The van der Waals surface area contributed by atoms with Gasteiger partial charge in [-0.25, -0.2) is 0 Å². The maximum atomic E-state index is 12.9. The minimum atomic E-state index is -2.63. The van der Waals surface area contributed by atoms with Crippen molar-refractivity contribution in [2.45, 2.75) is 20.4 Å². The van der Waals surface area contributed by atoms with Crippen molar-refractivity contribution in [3.05, 3.63) is 53.1 Å². The van der Waals surface area contributed by atoms with Crippen molar-refractivity contribution in [2.75, 3.05) is 19.5 Å². The van der Waals surface area contributed by atoms with Crippen LogP contribution in [0.3, 0.4) is 0 Å². The molecule has 9 heteroatoms. The van der Waals surface area contributed by atoms with Gasteiger partial charge in [0.05, 0.1) is 36.3 Å². The maximum absolute atomic E-state index is 12.9. The number of benzene rings is 2. The van der Waals surface area contributed by atoms with E-state index in [1.165, 1.54) is 19.2 Å². The number of nitrogen functional groups attached to an aromatic ring is 1. The van der Waals surface area contributed by atoms with E-state index in [1.54, 1.807) is 31.2 Å². The molecule has 0 aromatic heterocycles. The van der Waals surface area contributed by atoms with E-state index in [9.17, 15) is 18.0 Å². The molecule has 1 unspecified atom stereocenters. The first-order valence-electron chi connectivity index (χ1n) is 8.39. The molecular formula is C20H22N2O6S. The van der Waals surface area contributed by atoms with Gasteiger partial charge in [0.1, 0.15) is 0 Å². The molecule has 1 aliphatic rings. The van der Waals surface area contributed by atoms with E-state index in [1.807, 2.05) is 0 Å². The van der Waals surface area contributed by atoms with E-state index in [4.69, 9.17) is 15.2 Å². The van der Waals surface area contributed by atoms with Crippen LogP contribution in [0.1, 0.15) is 46.7 Å². The smallest absolute Gasteiger partial charge is 0.264 e. The molecule has 0 saturated heterocycles. The van der Waals surface area contributed by atoms with Gasteiger partial charge in [0.2, 0.25) is 10.3 Å². The molecule has 1 heterocycles. The molecule has 2 N–H and O–H groups in total. The van der Waals surface area contributed by atoms with Gasteiger partial charge < -0.3 is 15.2 Å². The summed E-state index contributed by atoms with van der Waals surface area (Å²) in [6.45, 7) is 2.14. The summed E-state index contributed by atoms with van der Waals surface area (Å²) in [4.78, 5) is 26.7. The topological polar surface area (TPSA) is 116 Å². The first kappa shape index (κ1) is 22.0. The van der Waals surface area contributed by atoms with Crippen LogP contribution in [-0.2, 0) is 10.3 Å². The zero-order chi connectivity index (χ0) is 20.4. The predicted molar refractivity (Wildman–Crippen MR) is 110 cm³/mol. The Morgan fingerprint density at radius 3 is 2.45 bits per heavy atom. The molecule has 3 rings (SSSR count). The van der Waals surface area contributed by atoms with Crippen LogP contribution < -0.4 is 15.2 Å². The molecule has 1 atom stereocenters. The molecule has 2 amide bonds. The Bertz CT molecular complexity index is 1090. The number of nitrogens with zero attached hydrogens (tertiary/aromatic N) is 1. The summed E-state index contributed by atoms with van der Waals surface area (Å²) in [6, 6.07) is 8.10. The fraction of sp³-hybridized carbons (Fsp3) is 0.250. The number of ether oxygens (including phenoxy) is 2. The average Bonchev–Trinajstić information content (AvgIpc) is 2.91. The number of hydrogen-bond donors (Lipinski definition) is 1. The van der Waals surface area contributed by atoms with Crippen LogP contribution in [0.5, 0.6) is 11.5 Å². The van der Waals surface area contributed by atoms with E-state index in [0.717, 1.165) is 10.3 Å². The van der Waals surface area contributed by atoms with Gasteiger partial charge in [0.15, 0.2) is 11.5 Å². The molecule has 0 radical (unpaired) electrons. The van der Waals surface area contributed by atoms with Crippen molar-refractivity contribution < 1.29 is 27.5 Å². The maximum Gasteiger partial charge on any atom is 0.264 e. The van der Waals surface area contributed by atoms with Gasteiger partial charge in [0, 0.05) is 5.69 Å². The van der Waals surface area contributed by atoms with Gasteiger partial charge in [-0.2, -0.15) is 8.42 Å². The molecule has 0 fully saturated rings. The molecule has 2 aromatic carbocycles. The fourth-order valence-corrected chi connectivity index (χ4v) is 3.61. The van der Waals surface area contributed by atoms with Crippen molar-refractivity contribution >= 4 is 33.2 Å². The number of rotatable bonds is 6. The highest BCUT2D eigenvalue weighted by Gasteiger charge is 2.41. The van der Waals surface area contributed by atoms with Gasteiger partial charge in [-0.3, -0.25) is 14.5 Å². The molecule has 0 saturated carbocycles. The summed E-state index contributed by atoms with van der Waals surface area (Å²) < 4.78 is 33.6. The highest BCUT2D eigenvalue weighted by atomic mass is 32.2. The molecule has 0 aliphatic carbocycles. The minimum Gasteiger partial charge on any atom is -0.493 e. The van der Waals surface area contributed by atoms with E-state index in [0.29, 0.717) is 23.7 Å². The van der Waals surface area contributed by atoms with Crippen molar-refractivity contribution in [3.63, 3.8) is 0 Å². The number of hydrogen-bond acceptors (Lipinski definition) is 7. The van der Waals surface area contributed by atoms with Gasteiger partial charge >= 0.3 is 0 Å². The first-order chi connectivity index (χ1) is 13.4. The molecular weight excluding hydrogens is 396 g/mol. The number of fused-ring (bicyclic) bond motifs is 1. The van der Waals surface area contributed by atoms with Crippen molar-refractivity contribution in [2.24, 2.45) is 0 Å². The predicted octanol–water partition coefficient (Wildman–Crippen LogP) is 2.33. The monoisotopic (exact) mass is 418 g/mol. The number of methoxy groups -OCH3 is 1. The third kappa shape index (κ3) is 3.95. The summed E-state index contributed by atoms with van der Waals surface area (Å²) in [5.74, 6) is -0.459. The standard InChI is InChI=1S/C19H18N2O6S.CH4/c1-3-27-16-9-11(7-8-15(16)26-2)14(10-28(24)25)21-18(22)12-5-4-6-13(20)17(12)19(21)23;/h4-10,14H,3,20H2,1-2H3;1H4. The van der Waals surface area contributed by atoms with Crippen molar-refractivity contribution in [1.82, 2.24) is 4.90 Å². The Hall–Kier alpha value is -3.33.